The van der Waals surface area contributed by atoms with Gasteiger partial charge in [-0.25, -0.2) is 9.59 Å². The van der Waals surface area contributed by atoms with Gasteiger partial charge in [-0.15, -0.1) is 0 Å². The molecule has 17 heavy (non-hydrogen) atoms. The Bertz CT molecular complexity index is 276. The standard InChI is InChI=1S/C12H21NO4/c1-4-5-8-17-12(15)13(10-6-7-10)9(2)11(14)16-3/h9-10H,4-8H2,1-3H3/t9-/m0/s1. The van der Waals surface area contributed by atoms with E-state index in [1.165, 1.54) is 12.0 Å². The molecule has 0 saturated heterocycles. The first-order valence-electron chi connectivity index (χ1n) is 6.14. The van der Waals surface area contributed by atoms with E-state index in [9.17, 15) is 9.59 Å². The average Bonchev–Trinajstić information content (AvgIpc) is 3.13. The fourth-order valence-electron chi connectivity index (χ4n) is 1.64. The first-order valence-corrected chi connectivity index (χ1v) is 6.14. The minimum absolute atomic E-state index is 0.137. The summed E-state index contributed by atoms with van der Waals surface area (Å²) in [6.07, 6.45) is 3.29. The highest BCUT2D eigenvalue weighted by atomic mass is 16.6. The number of carbonyl (C=O) groups excluding carboxylic acids is 2. The van der Waals surface area contributed by atoms with Gasteiger partial charge in [0.1, 0.15) is 6.04 Å². The zero-order valence-corrected chi connectivity index (χ0v) is 10.8. The molecule has 1 saturated carbocycles. The zero-order valence-electron chi connectivity index (χ0n) is 10.8. The first-order chi connectivity index (χ1) is 8.11. The molecule has 0 heterocycles. The largest absolute Gasteiger partial charge is 0.467 e. The van der Waals surface area contributed by atoms with Crippen molar-refractivity contribution >= 4 is 12.1 Å². The molecule has 0 N–H and O–H groups in total. The van der Waals surface area contributed by atoms with Gasteiger partial charge in [0, 0.05) is 6.04 Å². The summed E-state index contributed by atoms with van der Waals surface area (Å²) in [7, 11) is 1.33. The molecule has 0 bridgehead atoms. The van der Waals surface area contributed by atoms with Crippen LogP contribution in [0.15, 0.2) is 0 Å². The lowest BCUT2D eigenvalue weighted by molar-refractivity contribution is -0.146. The van der Waals surface area contributed by atoms with Crippen molar-refractivity contribution in [1.29, 1.82) is 0 Å². The Labute approximate surface area is 102 Å². The Balaban J connectivity index is 2.52. The van der Waals surface area contributed by atoms with Gasteiger partial charge in [-0.3, -0.25) is 4.90 Å². The van der Waals surface area contributed by atoms with Crippen LogP contribution < -0.4 is 0 Å². The van der Waals surface area contributed by atoms with E-state index in [1.54, 1.807) is 6.92 Å². The second-order valence-corrected chi connectivity index (χ2v) is 4.31. The Morgan fingerprint density at radius 1 is 1.41 bits per heavy atom. The summed E-state index contributed by atoms with van der Waals surface area (Å²) in [6.45, 7) is 4.11. The lowest BCUT2D eigenvalue weighted by atomic mass is 10.3. The minimum Gasteiger partial charge on any atom is -0.467 e. The highest BCUT2D eigenvalue weighted by Gasteiger charge is 2.39. The number of hydrogen-bond donors (Lipinski definition) is 0. The molecule has 0 radical (unpaired) electrons. The van der Waals surface area contributed by atoms with Crippen molar-refractivity contribution in [1.82, 2.24) is 4.90 Å². The highest BCUT2D eigenvalue weighted by molar-refractivity contribution is 5.81. The summed E-state index contributed by atoms with van der Waals surface area (Å²) in [6, 6.07) is -0.431. The van der Waals surface area contributed by atoms with Crippen LogP contribution in [0.2, 0.25) is 0 Å². The van der Waals surface area contributed by atoms with E-state index in [4.69, 9.17) is 4.74 Å². The van der Waals surface area contributed by atoms with Crippen molar-refractivity contribution in [3.8, 4) is 0 Å². The number of carbonyl (C=O) groups is 2. The normalized spacial score (nSPS) is 16.2. The van der Waals surface area contributed by atoms with Gasteiger partial charge in [0.05, 0.1) is 13.7 Å². The lowest BCUT2D eigenvalue weighted by Gasteiger charge is -2.26. The summed E-state index contributed by atoms with van der Waals surface area (Å²) in [5, 5.41) is 0. The quantitative estimate of drug-likeness (QED) is 0.528. The average molecular weight is 243 g/mol. The highest BCUT2D eigenvalue weighted by Crippen LogP contribution is 2.29. The van der Waals surface area contributed by atoms with E-state index in [-0.39, 0.29) is 6.04 Å². The van der Waals surface area contributed by atoms with Crippen molar-refractivity contribution < 1.29 is 19.1 Å². The predicted octanol–water partition coefficient (Wildman–Crippen LogP) is 1.95. The molecule has 0 aromatic carbocycles. The molecule has 5 heteroatoms. The second-order valence-electron chi connectivity index (χ2n) is 4.31. The molecule has 0 aromatic heterocycles. The third-order valence-corrected chi connectivity index (χ3v) is 2.83. The van der Waals surface area contributed by atoms with Gasteiger partial charge >= 0.3 is 12.1 Å². The van der Waals surface area contributed by atoms with Crippen LogP contribution in [0.25, 0.3) is 0 Å². The fourth-order valence-corrected chi connectivity index (χ4v) is 1.64. The van der Waals surface area contributed by atoms with E-state index in [0.717, 1.165) is 25.7 Å². The van der Waals surface area contributed by atoms with E-state index < -0.39 is 18.1 Å². The smallest absolute Gasteiger partial charge is 0.410 e. The van der Waals surface area contributed by atoms with Crippen LogP contribution >= 0.6 is 0 Å². The molecular weight excluding hydrogens is 222 g/mol. The number of esters is 1. The molecule has 1 amide bonds. The summed E-state index contributed by atoms with van der Waals surface area (Å²) >= 11 is 0. The molecule has 5 nitrogen and oxygen atoms in total. The monoisotopic (exact) mass is 243 g/mol. The van der Waals surface area contributed by atoms with Crippen LogP contribution in [0.5, 0.6) is 0 Å². The summed E-state index contributed by atoms with van der Waals surface area (Å²) in [5.41, 5.74) is 0. The van der Waals surface area contributed by atoms with Gasteiger partial charge in [0.25, 0.3) is 0 Å². The Morgan fingerprint density at radius 2 is 2.06 bits per heavy atom. The van der Waals surface area contributed by atoms with Crippen molar-refractivity contribution in [3.05, 3.63) is 0 Å². The molecule has 1 rings (SSSR count). The predicted molar refractivity (Wildman–Crippen MR) is 62.6 cm³/mol. The number of amides is 1. The van der Waals surface area contributed by atoms with E-state index >= 15 is 0 Å². The van der Waals surface area contributed by atoms with Gasteiger partial charge < -0.3 is 9.47 Å². The SMILES string of the molecule is CCCCOC(=O)N(C1CC1)[C@@H](C)C(=O)OC. The number of nitrogens with zero attached hydrogens (tertiary/aromatic N) is 1. The van der Waals surface area contributed by atoms with Crippen LogP contribution in [0.1, 0.15) is 39.5 Å². The molecule has 0 aromatic rings. The first kappa shape index (κ1) is 13.8. The fraction of sp³-hybridized carbons (Fsp3) is 0.833. The van der Waals surface area contributed by atoms with Crippen LogP contribution in [0.4, 0.5) is 4.79 Å². The van der Waals surface area contributed by atoms with Crippen LogP contribution in [-0.4, -0.2) is 42.8 Å². The number of methoxy groups -OCH3 is 1. The lowest BCUT2D eigenvalue weighted by Crippen LogP contribution is -2.45. The summed E-state index contributed by atoms with van der Waals surface area (Å²) < 4.78 is 9.80. The third-order valence-electron chi connectivity index (χ3n) is 2.83. The summed E-state index contributed by atoms with van der Waals surface area (Å²) in [4.78, 5) is 24.8. The minimum atomic E-state index is -0.568. The zero-order chi connectivity index (χ0) is 12.8. The van der Waals surface area contributed by atoms with Crippen LogP contribution in [0, 0.1) is 0 Å². The topological polar surface area (TPSA) is 55.8 Å². The molecular formula is C12H21NO4. The molecule has 0 aliphatic heterocycles. The Morgan fingerprint density at radius 3 is 2.53 bits per heavy atom. The molecule has 1 fully saturated rings. The van der Waals surface area contributed by atoms with Gasteiger partial charge in [-0.1, -0.05) is 13.3 Å². The maximum absolute atomic E-state index is 11.9. The van der Waals surface area contributed by atoms with Crippen molar-refractivity contribution in [2.45, 2.75) is 51.6 Å². The molecule has 0 unspecified atom stereocenters. The third kappa shape index (κ3) is 3.91. The Kier molecular flexibility index (Phi) is 5.25. The van der Waals surface area contributed by atoms with Gasteiger partial charge in [0.2, 0.25) is 0 Å². The number of unbranched alkanes of at least 4 members (excludes halogenated alkanes) is 1. The second kappa shape index (κ2) is 6.47. The Hall–Kier alpha value is -1.26. The molecule has 1 aliphatic carbocycles. The van der Waals surface area contributed by atoms with Crippen LogP contribution in [0.3, 0.4) is 0 Å². The van der Waals surface area contributed by atoms with E-state index in [2.05, 4.69) is 4.74 Å². The molecule has 0 spiro atoms. The molecule has 1 atom stereocenters. The van der Waals surface area contributed by atoms with E-state index in [1.807, 2.05) is 6.92 Å². The number of rotatable bonds is 6. The molecule has 98 valence electrons. The van der Waals surface area contributed by atoms with E-state index in [0.29, 0.717) is 6.61 Å². The van der Waals surface area contributed by atoms with Crippen molar-refractivity contribution in [2.24, 2.45) is 0 Å². The molecule has 1 aliphatic rings. The van der Waals surface area contributed by atoms with Gasteiger partial charge in [-0.05, 0) is 26.2 Å². The maximum Gasteiger partial charge on any atom is 0.410 e. The number of hydrogen-bond acceptors (Lipinski definition) is 4. The van der Waals surface area contributed by atoms with Gasteiger partial charge in [0.15, 0.2) is 0 Å². The van der Waals surface area contributed by atoms with Crippen LogP contribution in [-0.2, 0) is 14.3 Å². The van der Waals surface area contributed by atoms with Gasteiger partial charge in [-0.2, -0.15) is 0 Å². The van der Waals surface area contributed by atoms with Crippen molar-refractivity contribution in [3.63, 3.8) is 0 Å². The van der Waals surface area contributed by atoms with Crippen molar-refractivity contribution in [2.75, 3.05) is 13.7 Å². The maximum atomic E-state index is 11.9. The number of ether oxygens (including phenoxy) is 2. The summed E-state index contributed by atoms with van der Waals surface area (Å²) in [5.74, 6) is -0.399.